The Morgan fingerprint density at radius 1 is 1.38 bits per heavy atom. The van der Waals surface area contributed by atoms with E-state index in [1.165, 1.54) is 0 Å². The third kappa shape index (κ3) is 1.78. The number of rotatable bonds is 0. The van der Waals surface area contributed by atoms with Crippen molar-refractivity contribution >= 4 is 23.4 Å². The molecule has 3 heteroatoms. The van der Waals surface area contributed by atoms with E-state index < -0.39 is 10.8 Å². The molecule has 0 aromatic carbocycles. The normalized spacial score (nSPS) is 39.6. The van der Waals surface area contributed by atoms with E-state index in [-0.39, 0.29) is 0 Å². The van der Waals surface area contributed by atoms with Crippen LogP contribution in [0.2, 0.25) is 0 Å². The zero-order valence-electron chi connectivity index (χ0n) is 4.67. The van der Waals surface area contributed by atoms with Gasteiger partial charge in [0.2, 0.25) is 0 Å². The quantitative estimate of drug-likeness (QED) is 0.506. The first-order valence-corrected chi connectivity index (χ1v) is 4.82. The Kier molecular flexibility index (Phi) is 2.38. The predicted molar refractivity (Wildman–Crippen MR) is 39.9 cm³/mol. The molecule has 1 nitrogen and oxygen atoms in total. The fourth-order valence-corrected chi connectivity index (χ4v) is 2.69. The minimum absolute atomic E-state index is 0.510. The minimum atomic E-state index is -0.510. The SMILES string of the molecule is O=S1CCC(S)CC1. The highest BCUT2D eigenvalue weighted by Crippen LogP contribution is 2.13. The summed E-state index contributed by atoms with van der Waals surface area (Å²) >= 11 is 4.27. The molecule has 0 bridgehead atoms. The van der Waals surface area contributed by atoms with Crippen LogP contribution in [0.25, 0.3) is 0 Å². The molecule has 48 valence electrons. The maximum Gasteiger partial charge on any atom is 0.0245 e. The van der Waals surface area contributed by atoms with E-state index in [1.54, 1.807) is 0 Å². The Bertz CT molecular complexity index is 92.6. The monoisotopic (exact) mass is 150 g/mol. The van der Waals surface area contributed by atoms with Gasteiger partial charge in [0.05, 0.1) is 0 Å². The molecule has 8 heavy (non-hydrogen) atoms. The van der Waals surface area contributed by atoms with Gasteiger partial charge in [0.15, 0.2) is 0 Å². The molecule has 1 rings (SSSR count). The van der Waals surface area contributed by atoms with Crippen LogP contribution in [0.5, 0.6) is 0 Å². The van der Waals surface area contributed by atoms with Crippen molar-refractivity contribution in [2.75, 3.05) is 11.5 Å². The summed E-state index contributed by atoms with van der Waals surface area (Å²) < 4.78 is 10.7. The van der Waals surface area contributed by atoms with E-state index in [4.69, 9.17) is 0 Å². The van der Waals surface area contributed by atoms with Crippen LogP contribution in [-0.2, 0) is 10.8 Å². The first-order valence-electron chi connectivity index (χ1n) is 2.82. The average Bonchev–Trinajstić information content (AvgIpc) is 1.77. The van der Waals surface area contributed by atoms with Gasteiger partial charge >= 0.3 is 0 Å². The van der Waals surface area contributed by atoms with Crippen LogP contribution in [0, 0.1) is 0 Å². The van der Waals surface area contributed by atoms with E-state index in [1.807, 2.05) is 0 Å². The Labute approximate surface area is 57.7 Å². The summed E-state index contributed by atoms with van der Waals surface area (Å²) in [5, 5.41) is 0.521. The minimum Gasteiger partial charge on any atom is -0.260 e. The van der Waals surface area contributed by atoms with Gasteiger partial charge in [-0.2, -0.15) is 12.6 Å². The van der Waals surface area contributed by atoms with Crippen LogP contribution >= 0.6 is 12.6 Å². The van der Waals surface area contributed by atoms with E-state index in [9.17, 15) is 4.21 Å². The van der Waals surface area contributed by atoms with Crippen LogP contribution in [0.4, 0.5) is 0 Å². The molecule has 1 heterocycles. The van der Waals surface area contributed by atoms with Crippen LogP contribution < -0.4 is 0 Å². The zero-order valence-corrected chi connectivity index (χ0v) is 6.38. The summed E-state index contributed by atoms with van der Waals surface area (Å²) in [6, 6.07) is 0. The van der Waals surface area contributed by atoms with Crippen LogP contribution in [-0.4, -0.2) is 21.0 Å². The topological polar surface area (TPSA) is 17.1 Å². The lowest BCUT2D eigenvalue weighted by atomic mass is 10.2. The molecule has 0 unspecified atom stereocenters. The molecule has 0 spiro atoms. The van der Waals surface area contributed by atoms with Gasteiger partial charge in [0.1, 0.15) is 0 Å². The molecule has 0 saturated carbocycles. The standard InChI is InChI=1S/C5H10OS2/c6-8-3-1-5(7)2-4-8/h5,7H,1-4H2. The zero-order chi connectivity index (χ0) is 5.98. The third-order valence-corrected chi connectivity index (χ3v) is 3.26. The third-order valence-electron chi connectivity index (χ3n) is 1.36. The highest BCUT2D eigenvalue weighted by Gasteiger charge is 2.13. The second-order valence-corrected chi connectivity index (χ2v) is 4.51. The van der Waals surface area contributed by atoms with Gasteiger partial charge in [-0.25, -0.2) is 0 Å². The molecule has 0 radical (unpaired) electrons. The highest BCUT2D eigenvalue weighted by atomic mass is 32.2. The maximum absolute atomic E-state index is 10.7. The molecule has 1 fully saturated rings. The lowest BCUT2D eigenvalue weighted by molar-refractivity contribution is 0.662. The second-order valence-electron chi connectivity index (χ2n) is 2.08. The second kappa shape index (κ2) is 2.87. The van der Waals surface area contributed by atoms with E-state index in [0.29, 0.717) is 5.25 Å². The van der Waals surface area contributed by atoms with Gasteiger partial charge in [-0.1, -0.05) is 0 Å². The molecule has 1 aliphatic rings. The first kappa shape index (κ1) is 6.62. The molecule has 1 aliphatic heterocycles. The van der Waals surface area contributed by atoms with Crippen LogP contribution in [0.1, 0.15) is 12.8 Å². The Morgan fingerprint density at radius 3 is 2.25 bits per heavy atom. The van der Waals surface area contributed by atoms with Crippen molar-refractivity contribution in [2.24, 2.45) is 0 Å². The number of thiol groups is 1. The van der Waals surface area contributed by atoms with Gasteiger partial charge in [0.25, 0.3) is 0 Å². The molecular weight excluding hydrogens is 140 g/mol. The largest absolute Gasteiger partial charge is 0.260 e. The van der Waals surface area contributed by atoms with Crippen LogP contribution in [0.3, 0.4) is 0 Å². The molecule has 0 amide bonds. The molecule has 0 aromatic rings. The van der Waals surface area contributed by atoms with Crippen molar-refractivity contribution in [1.82, 2.24) is 0 Å². The van der Waals surface area contributed by atoms with Crippen molar-refractivity contribution in [1.29, 1.82) is 0 Å². The van der Waals surface area contributed by atoms with Crippen LogP contribution in [0.15, 0.2) is 0 Å². The average molecular weight is 150 g/mol. The summed E-state index contributed by atoms with van der Waals surface area (Å²) in [6.07, 6.45) is 2.07. The van der Waals surface area contributed by atoms with E-state index in [0.717, 1.165) is 24.3 Å². The lowest BCUT2D eigenvalue weighted by Crippen LogP contribution is -2.18. The Hall–Kier alpha value is 0.500. The molecule has 1 saturated heterocycles. The maximum atomic E-state index is 10.7. The summed E-state index contributed by atoms with van der Waals surface area (Å²) in [6.45, 7) is 0. The molecular formula is C5H10OS2. The molecule has 0 aromatic heterocycles. The van der Waals surface area contributed by atoms with Crippen molar-refractivity contribution in [2.45, 2.75) is 18.1 Å². The summed E-state index contributed by atoms with van der Waals surface area (Å²) in [5.41, 5.74) is 0. The van der Waals surface area contributed by atoms with Gasteiger partial charge in [0, 0.05) is 27.6 Å². The Balaban J connectivity index is 2.29. The Morgan fingerprint density at radius 2 is 1.88 bits per heavy atom. The van der Waals surface area contributed by atoms with Crippen molar-refractivity contribution < 1.29 is 4.21 Å². The lowest BCUT2D eigenvalue weighted by Gasteiger charge is -2.14. The van der Waals surface area contributed by atoms with Crippen molar-refractivity contribution in [3.8, 4) is 0 Å². The first-order chi connectivity index (χ1) is 3.79. The molecule has 0 atom stereocenters. The number of hydrogen-bond donors (Lipinski definition) is 1. The van der Waals surface area contributed by atoms with E-state index >= 15 is 0 Å². The van der Waals surface area contributed by atoms with Gasteiger partial charge in [-0.05, 0) is 12.8 Å². The van der Waals surface area contributed by atoms with Gasteiger partial charge in [-0.3, -0.25) is 4.21 Å². The smallest absolute Gasteiger partial charge is 0.0245 e. The highest BCUT2D eigenvalue weighted by molar-refractivity contribution is 7.85. The summed E-state index contributed by atoms with van der Waals surface area (Å²) in [5.74, 6) is 1.74. The summed E-state index contributed by atoms with van der Waals surface area (Å²) in [4.78, 5) is 0. The van der Waals surface area contributed by atoms with Gasteiger partial charge in [-0.15, -0.1) is 0 Å². The molecule has 0 N–H and O–H groups in total. The fourth-order valence-electron chi connectivity index (χ4n) is 0.781. The number of hydrogen-bond acceptors (Lipinski definition) is 2. The van der Waals surface area contributed by atoms with Crippen molar-refractivity contribution in [3.63, 3.8) is 0 Å². The fraction of sp³-hybridized carbons (Fsp3) is 1.00. The van der Waals surface area contributed by atoms with Gasteiger partial charge < -0.3 is 0 Å². The predicted octanol–water partition coefficient (Wildman–Crippen LogP) is 0.827. The summed E-state index contributed by atoms with van der Waals surface area (Å²) in [7, 11) is -0.510. The molecule has 0 aliphatic carbocycles. The van der Waals surface area contributed by atoms with E-state index in [2.05, 4.69) is 12.6 Å². The van der Waals surface area contributed by atoms with Crippen molar-refractivity contribution in [3.05, 3.63) is 0 Å².